The molecular weight excluding hydrogens is 285 g/mol. The third-order valence-electron chi connectivity index (χ3n) is 2.54. The Hall–Kier alpha value is -1.96. The molecule has 2 rings (SSSR count). The minimum atomic E-state index is -4.19. The SMILES string of the molecule is [B]c1cnc(C)c(NS(=O)(=O)c2ccc(F)cc2F)c1. The van der Waals surface area contributed by atoms with Crippen LogP contribution in [-0.2, 0) is 10.0 Å². The summed E-state index contributed by atoms with van der Waals surface area (Å²) in [6, 6.07) is 3.57. The Morgan fingerprint density at radius 1 is 1.25 bits per heavy atom. The quantitative estimate of drug-likeness (QED) is 0.867. The fourth-order valence-corrected chi connectivity index (χ4v) is 2.71. The van der Waals surface area contributed by atoms with Crippen molar-refractivity contribution in [3.05, 3.63) is 47.8 Å². The average molecular weight is 294 g/mol. The van der Waals surface area contributed by atoms with Gasteiger partial charge in [0.2, 0.25) is 0 Å². The van der Waals surface area contributed by atoms with Crippen LogP contribution in [0.3, 0.4) is 0 Å². The summed E-state index contributed by atoms with van der Waals surface area (Å²) in [5, 5.41) is 0. The van der Waals surface area contributed by atoms with Gasteiger partial charge in [-0.25, -0.2) is 17.2 Å². The number of aromatic nitrogens is 1. The fourth-order valence-electron chi connectivity index (χ4n) is 1.55. The molecule has 0 aliphatic carbocycles. The first kappa shape index (κ1) is 14.5. The Morgan fingerprint density at radius 3 is 2.60 bits per heavy atom. The van der Waals surface area contributed by atoms with Crippen LogP contribution >= 0.6 is 0 Å². The maximum atomic E-state index is 13.5. The van der Waals surface area contributed by atoms with Gasteiger partial charge in [-0.1, -0.05) is 5.46 Å². The molecule has 1 N–H and O–H groups in total. The first-order chi connectivity index (χ1) is 9.29. The molecule has 0 aliphatic heterocycles. The zero-order valence-electron chi connectivity index (χ0n) is 10.4. The Balaban J connectivity index is 2.43. The maximum absolute atomic E-state index is 13.5. The van der Waals surface area contributed by atoms with E-state index < -0.39 is 26.6 Å². The molecule has 102 valence electrons. The molecule has 2 aromatic rings. The minimum absolute atomic E-state index is 0.133. The number of halogens is 2. The highest BCUT2D eigenvalue weighted by molar-refractivity contribution is 7.92. The minimum Gasteiger partial charge on any atom is -0.278 e. The first-order valence-electron chi connectivity index (χ1n) is 5.49. The number of aryl methyl sites for hydroxylation is 1. The van der Waals surface area contributed by atoms with Gasteiger partial charge in [-0.15, -0.1) is 0 Å². The third kappa shape index (κ3) is 2.96. The lowest BCUT2D eigenvalue weighted by Crippen LogP contribution is -2.17. The highest BCUT2D eigenvalue weighted by Gasteiger charge is 2.20. The number of nitrogens with one attached hydrogen (secondary N) is 1. The second kappa shape index (κ2) is 5.20. The predicted octanol–water partition coefficient (Wildman–Crippen LogP) is 1.26. The lowest BCUT2D eigenvalue weighted by molar-refractivity contribution is 0.551. The van der Waals surface area contributed by atoms with Gasteiger partial charge in [0.1, 0.15) is 24.4 Å². The van der Waals surface area contributed by atoms with Gasteiger partial charge in [-0.05, 0) is 25.1 Å². The zero-order chi connectivity index (χ0) is 14.9. The first-order valence-corrected chi connectivity index (χ1v) is 6.98. The van der Waals surface area contributed by atoms with Crippen LogP contribution in [0.15, 0.2) is 35.4 Å². The highest BCUT2D eigenvalue weighted by Crippen LogP contribution is 2.20. The van der Waals surface area contributed by atoms with Crippen LogP contribution in [0.1, 0.15) is 5.69 Å². The lowest BCUT2D eigenvalue weighted by atomic mass is 9.98. The Morgan fingerprint density at radius 2 is 1.95 bits per heavy atom. The summed E-state index contributed by atoms with van der Waals surface area (Å²) in [7, 11) is 1.33. The van der Waals surface area contributed by atoms with E-state index in [0.29, 0.717) is 11.8 Å². The molecule has 1 aromatic carbocycles. The van der Waals surface area contributed by atoms with Gasteiger partial charge in [0.15, 0.2) is 0 Å². The van der Waals surface area contributed by atoms with Gasteiger partial charge >= 0.3 is 0 Å². The van der Waals surface area contributed by atoms with E-state index in [-0.39, 0.29) is 11.2 Å². The van der Waals surface area contributed by atoms with E-state index in [2.05, 4.69) is 9.71 Å². The molecule has 8 heteroatoms. The molecule has 0 spiro atoms. The summed E-state index contributed by atoms with van der Waals surface area (Å²) in [6.07, 6.45) is 1.37. The Kier molecular flexibility index (Phi) is 3.76. The van der Waals surface area contributed by atoms with E-state index in [4.69, 9.17) is 7.85 Å². The molecular formula is C12H9BF2N2O2S. The van der Waals surface area contributed by atoms with Crippen molar-refractivity contribution in [3.63, 3.8) is 0 Å². The van der Waals surface area contributed by atoms with Gasteiger partial charge < -0.3 is 0 Å². The van der Waals surface area contributed by atoms with Gasteiger partial charge in [0, 0.05) is 12.3 Å². The summed E-state index contributed by atoms with van der Waals surface area (Å²) in [5.74, 6) is -2.03. The number of pyridine rings is 1. The van der Waals surface area contributed by atoms with Crippen molar-refractivity contribution in [2.24, 2.45) is 0 Å². The predicted molar refractivity (Wildman–Crippen MR) is 71.5 cm³/mol. The van der Waals surface area contributed by atoms with Gasteiger partial charge in [0.25, 0.3) is 10.0 Å². The smallest absolute Gasteiger partial charge is 0.264 e. The van der Waals surface area contributed by atoms with Crippen molar-refractivity contribution in [2.75, 3.05) is 4.72 Å². The van der Waals surface area contributed by atoms with Crippen LogP contribution in [0.2, 0.25) is 0 Å². The van der Waals surface area contributed by atoms with E-state index in [0.717, 1.165) is 12.1 Å². The molecule has 0 saturated carbocycles. The molecule has 0 unspecified atom stereocenters. The van der Waals surface area contributed by atoms with Crippen molar-refractivity contribution in [1.29, 1.82) is 0 Å². The van der Waals surface area contributed by atoms with E-state index in [1.165, 1.54) is 12.3 Å². The van der Waals surface area contributed by atoms with E-state index in [9.17, 15) is 17.2 Å². The van der Waals surface area contributed by atoms with Crippen molar-refractivity contribution in [2.45, 2.75) is 11.8 Å². The van der Waals surface area contributed by atoms with E-state index in [1.54, 1.807) is 6.92 Å². The Labute approximate surface area is 116 Å². The Bertz CT molecular complexity index is 766. The largest absolute Gasteiger partial charge is 0.278 e. The standard InChI is InChI=1S/C12H9BF2N2O2S/c1-7-11(4-8(13)6-16-7)17-20(18,19)12-3-2-9(14)5-10(12)15/h2-6,17H,1H3. The number of hydrogen-bond acceptors (Lipinski definition) is 3. The molecule has 0 bridgehead atoms. The summed E-state index contributed by atoms with van der Waals surface area (Å²) < 4.78 is 52.6. The zero-order valence-corrected chi connectivity index (χ0v) is 11.2. The van der Waals surface area contributed by atoms with Gasteiger partial charge in [0.05, 0.1) is 11.4 Å². The summed E-state index contributed by atoms with van der Waals surface area (Å²) >= 11 is 0. The molecule has 4 nitrogen and oxygen atoms in total. The van der Waals surface area contributed by atoms with Gasteiger partial charge in [-0.3, -0.25) is 9.71 Å². The third-order valence-corrected chi connectivity index (χ3v) is 3.93. The second-order valence-corrected chi connectivity index (χ2v) is 5.73. The maximum Gasteiger partial charge on any atom is 0.264 e. The number of benzene rings is 1. The van der Waals surface area contributed by atoms with Crippen LogP contribution in [0.4, 0.5) is 14.5 Å². The van der Waals surface area contributed by atoms with Crippen LogP contribution < -0.4 is 10.2 Å². The number of rotatable bonds is 3. The molecule has 1 heterocycles. The lowest BCUT2D eigenvalue weighted by Gasteiger charge is -2.11. The highest BCUT2D eigenvalue weighted by atomic mass is 32.2. The van der Waals surface area contributed by atoms with Crippen LogP contribution in [0, 0.1) is 18.6 Å². The number of sulfonamides is 1. The topological polar surface area (TPSA) is 59.1 Å². The van der Waals surface area contributed by atoms with E-state index >= 15 is 0 Å². The van der Waals surface area contributed by atoms with Crippen LogP contribution in [0.25, 0.3) is 0 Å². The van der Waals surface area contributed by atoms with Gasteiger partial charge in [-0.2, -0.15) is 0 Å². The molecule has 0 saturated heterocycles. The van der Waals surface area contributed by atoms with Crippen molar-refractivity contribution < 1.29 is 17.2 Å². The normalized spacial score (nSPS) is 11.3. The summed E-state index contributed by atoms with van der Waals surface area (Å²) in [5.41, 5.74) is 0.770. The molecule has 0 amide bonds. The average Bonchev–Trinajstić information content (AvgIpc) is 2.33. The monoisotopic (exact) mass is 294 g/mol. The van der Waals surface area contributed by atoms with E-state index in [1.807, 2.05) is 0 Å². The second-order valence-electron chi connectivity index (χ2n) is 4.08. The molecule has 1 aromatic heterocycles. The molecule has 0 fully saturated rings. The molecule has 2 radical (unpaired) electrons. The molecule has 0 aliphatic rings. The summed E-state index contributed by atoms with van der Waals surface area (Å²) in [6.45, 7) is 1.57. The molecule has 0 atom stereocenters. The van der Waals surface area contributed by atoms with Crippen molar-refractivity contribution in [1.82, 2.24) is 4.98 Å². The van der Waals surface area contributed by atoms with Crippen molar-refractivity contribution in [3.8, 4) is 0 Å². The number of nitrogens with zero attached hydrogens (tertiary/aromatic N) is 1. The van der Waals surface area contributed by atoms with Crippen molar-refractivity contribution >= 4 is 29.0 Å². The number of anilines is 1. The number of hydrogen-bond donors (Lipinski definition) is 1. The summed E-state index contributed by atoms with van der Waals surface area (Å²) in [4.78, 5) is 3.24. The van der Waals surface area contributed by atoms with Crippen LogP contribution in [0.5, 0.6) is 0 Å². The fraction of sp³-hybridized carbons (Fsp3) is 0.0833. The molecule has 20 heavy (non-hydrogen) atoms. The van der Waals surface area contributed by atoms with Crippen LogP contribution in [-0.4, -0.2) is 21.2 Å².